The number of carboxylic acids is 2. The van der Waals surface area contributed by atoms with Gasteiger partial charge in [-0.1, -0.05) is 51.7 Å². The fourth-order valence-electron chi connectivity index (χ4n) is 2.61. The van der Waals surface area contributed by atoms with Crippen molar-refractivity contribution in [2.45, 2.75) is 66.2 Å². The molecule has 0 saturated carbocycles. The van der Waals surface area contributed by atoms with Crippen molar-refractivity contribution in [2.75, 3.05) is 19.8 Å². The number of unbranched alkanes of at least 4 members (excludes halogenated alkanes) is 1. The Morgan fingerprint density at radius 3 is 1.94 bits per heavy atom. The van der Waals surface area contributed by atoms with Crippen molar-refractivity contribution >= 4 is 23.9 Å². The van der Waals surface area contributed by atoms with Crippen LogP contribution in [0.2, 0.25) is 0 Å². The molecule has 0 saturated heterocycles. The molecule has 0 aromatic rings. The first-order valence-corrected chi connectivity index (χ1v) is 11.1. The largest absolute Gasteiger partial charge is 0.478 e. The van der Waals surface area contributed by atoms with Crippen molar-refractivity contribution in [3.63, 3.8) is 0 Å². The number of hydrogen-bond acceptors (Lipinski definition) is 7. The molecule has 3 N–H and O–H groups in total. The molecule has 188 valence electrons. The van der Waals surface area contributed by atoms with E-state index in [-0.39, 0.29) is 31.8 Å². The fraction of sp³-hybridized carbons (Fsp3) is 0.583. The third-order valence-electron chi connectivity index (χ3n) is 4.38. The zero-order valence-electron chi connectivity index (χ0n) is 20.0. The molecule has 9 nitrogen and oxygen atoms in total. The minimum absolute atomic E-state index is 0.0506. The molecular formula is C24H38O9. The maximum atomic E-state index is 12.1. The van der Waals surface area contributed by atoms with Gasteiger partial charge in [-0.25, -0.2) is 19.2 Å². The molecule has 0 rings (SSSR count). The van der Waals surface area contributed by atoms with Gasteiger partial charge >= 0.3 is 23.9 Å². The molecule has 1 unspecified atom stereocenters. The van der Waals surface area contributed by atoms with Crippen LogP contribution in [0.4, 0.5) is 0 Å². The molecule has 0 fully saturated rings. The monoisotopic (exact) mass is 470 g/mol. The van der Waals surface area contributed by atoms with Gasteiger partial charge in [0.25, 0.3) is 0 Å². The number of aliphatic carboxylic acids is 2. The van der Waals surface area contributed by atoms with Gasteiger partial charge in [0, 0.05) is 36.3 Å². The van der Waals surface area contributed by atoms with Crippen LogP contribution in [0.3, 0.4) is 0 Å². The van der Waals surface area contributed by atoms with Crippen molar-refractivity contribution < 1.29 is 44.0 Å². The Morgan fingerprint density at radius 2 is 1.48 bits per heavy atom. The van der Waals surface area contributed by atoms with Crippen molar-refractivity contribution in [3.05, 3.63) is 35.5 Å². The highest BCUT2D eigenvalue weighted by Gasteiger charge is 2.16. The Morgan fingerprint density at radius 1 is 0.879 bits per heavy atom. The summed E-state index contributed by atoms with van der Waals surface area (Å²) in [5.74, 6) is -2.90. The Bertz CT molecular complexity index is 690. The normalized spacial score (nSPS) is 12.5. The highest BCUT2D eigenvalue weighted by Crippen LogP contribution is 2.22. The molecule has 0 amide bonds. The minimum atomic E-state index is -1.16. The number of carboxylic acid groups (broad SMARTS) is 2. The fourth-order valence-corrected chi connectivity index (χ4v) is 2.61. The van der Waals surface area contributed by atoms with E-state index in [1.54, 1.807) is 13.8 Å². The van der Waals surface area contributed by atoms with E-state index >= 15 is 0 Å². The van der Waals surface area contributed by atoms with Gasteiger partial charge in [-0.15, -0.1) is 0 Å². The Labute approximate surface area is 195 Å². The number of allylic oxidation sites excluding steroid dienone is 2. The van der Waals surface area contributed by atoms with Crippen LogP contribution in [0.1, 0.15) is 66.2 Å². The van der Waals surface area contributed by atoms with Crippen molar-refractivity contribution in [1.82, 2.24) is 0 Å². The van der Waals surface area contributed by atoms with Crippen LogP contribution in [-0.4, -0.2) is 59.0 Å². The second-order valence-corrected chi connectivity index (χ2v) is 6.93. The first kappa shape index (κ1) is 32.2. The first-order chi connectivity index (χ1) is 15.7. The summed E-state index contributed by atoms with van der Waals surface area (Å²) < 4.78 is 9.48. The zero-order chi connectivity index (χ0) is 25.6. The quantitative estimate of drug-likeness (QED) is 0.185. The Kier molecular flexibility index (Phi) is 20.5. The standard InChI is InChI=1S/C18H30O5.C6H8O4/c1-4-7-8-14(5-2)13-16(18(22)23-6-3)10-9-15(11-12-19)17(20)21;1-2-10-6(9)4-3-5(7)8/h9-10,14,19H,4-8,11-13H2,1-3H3,(H,20,21);3-4H,2H2,1H3,(H,7,8)/b;4-3-. The van der Waals surface area contributed by atoms with E-state index in [4.69, 9.17) is 20.1 Å². The van der Waals surface area contributed by atoms with E-state index in [0.717, 1.165) is 37.8 Å². The number of ether oxygens (including phenoxy) is 2. The maximum absolute atomic E-state index is 12.1. The number of aliphatic hydroxyl groups excluding tert-OH is 1. The van der Waals surface area contributed by atoms with E-state index in [2.05, 4.69) is 18.6 Å². The Balaban J connectivity index is 0. The third kappa shape index (κ3) is 18.3. The molecule has 0 aromatic heterocycles. The molecule has 33 heavy (non-hydrogen) atoms. The molecule has 0 heterocycles. The topological polar surface area (TPSA) is 147 Å². The maximum Gasteiger partial charge on any atom is 0.333 e. The number of aliphatic hydroxyl groups is 1. The molecule has 0 radical (unpaired) electrons. The Hall–Kier alpha value is -2.94. The van der Waals surface area contributed by atoms with Crippen LogP contribution in [-0.2, 0) is 28.7 Å². The summed E-state index contributed by atoms with van der Waals surface area (Å²) in [6.07, 6.45) is 9.38. The molecular weight excluding hydrogens is 432 g/mol. The van der Waals surface area contributed by atoms with Gasteiger partial charge in [-0.2, -0.15) is 0 Å². The summed E-state index contributed by atoms with van der Waals surface area (Å²) in [6, 6.07) is 0. The molecule has 1 atom stereocenters. The molecule has 0 spiro atoms. The van der Waals surface area contributed by atoms with Crippen LogP contribution >= 0.6 is 0 Å². The second kappa shape index (κ2) is 20.9. The lowest BCUT2D eigenvalue weighted by molar-refractivity contribution is -0.139. The summed E-state index contributed by atoms with van der Waals surface area (Å²) in [4.78, 5) is 43.4. The van der Waals surface area contributed by atoms with Crippen LogP contribution in [0.25, 0.3) is 0 Å². The summed E-state index contributed by atoms with van der Waals surface area (Å²) in [5, 5.41) is 26.0. The van der Waals surface area contributed by atoms with E-state index in [0.29, 0.717) is 17.9 Å². The lowest BCUT2D eigenvalue weighted by Gasteiger charge is -2.16. The number of carbonyl (C=O) groups is 4. The van der Waals surface area contributed by atoms with Gasteiger partial charge in [-0.05, 0) is 26.2 Å². The molecule has 0 aromatic carbocycles. The lowest BCUT2D eigenvalue weighted by atomic mass is 9.91. The van der Waals surface area contributed by atoms with E-state index < -0.39 is 23.9 Å². The molecule has 0 aliphatic carbocycles. The lowest BCUT2D eigenvalue weighted by Crippen LogP contribution is -2.12. The minimum Gasteiger partial charge on any atom is -0.478 e. The van der Waals surface area contributed by atoms with Crippen molar-refractivity contribution in [2.24, 2.45) is 5.92 Å². The van der Waals surface area contributed by atoms with Gasteiger partial charge in [0.1, 0.15) is 0 Å². The zero-order valence-corrected chi connectivity index (χ0v) is 20.0. The van der Waals surface area contributed by atoms with Crippen molar-refractivity contribution in [1.29, 1.82) is 0 Å². The second-order valence-electron chi connectivity index (χ2n) is 6.93. The van der Waals surface area contributed by atoms with Crippen LogP contribution < -0.4 is 0 Å². The van der Waals surface area contributed by atoms with Gasteiger partial charge in [0.05, 0.1) is 13.2 Å². The predicted molar refractivity (Wildman–Crippen MR) is 123 cm³/mol. The highest BCUT2D eigenvalue weighted by molar-refractivity contribution is 5.91. The van der Waals surface area contributed by atoms with Crippen molar-refractivity contribution in [3.8, 4) is 0 Å². The van der Waals surface area contributed by atoms with Gasteiger partial charge in [0.15, 0.2) is 0 Å². The van der Waals surface area contributed by atoms with Gasteiger partial charge in [0.2, 0.25) is 0 Å². The predicted octanol–water partition coefficient (Wildman–Crippen LogP) is 3.67. The summed E-state index contributed by atoms with van der Waals surface area (Å²) >= 11 is 0. The number of esters is 2. The summed E-state index contributed by atoms with van der Waals surface area (Å²) in [7, 11) is 0. The van der Waals surface area contributed by atoms with Crippen LogP contribution in [0, 0.1) is 5.92 Å². The van der Waals surface area contributed by atoms with Crippen LogP contribution in [0.5, 0.6) is 0 Å². The number of rotatable bonds is 15. The third-order valence-corrected chi connectivity index (χ3v) is 4.38. The van der Waals surface area contributed by atoms with E-state index in [1.807, 2.05) is 0 Å². The smallest absolute Gasteiger partial charge is 0.333 e. The van der Waals surface area contributed by atoms with E-state index in [9.17, 15) is 19.2 Å². The van der Waals surface area contributed by atoms with Gasteiger partial charge in [-0.3, -0.25) is 0 Å². The summed E-state index contributed by atoms with van der Waals surface area (Å²) in [6.45, 7) is 7.91. The molecule has 9 heteroatoms. The molecule has 0 bridgehead atoms. The molecule has 0 aliphatic rings. The number of hydrogen-bond donors (Lipinski definition) is 3. The first-order valence-electron chi connectivity index (χ1n) is 11.1. The highest BCUT2D eigenvalue weighted by atomic mass is 16.5. The summed E-state index contributed by atoms with van der Waals surface area (Å²) in [5.41, 5.74) is 0.572. The van der Waals surface area contributed by atoms with Gasteiger partial charge < -0.3 is 24.8 Å². The average Bonchev–Trinajstić information content (AvgIpc) is 2.77. The van der Waals surface area contributed by atoms with E-state index in [1.165, 1.54) is 12.2 Å². The molecule has 0 aliphatic heterocycles. The number of carbonyl (C=O) groups excluding carboxylic acids is 2. The van der Waals surface area contributed by atoms with Crippen LogP contribution in [0.15, 0.2) is 35.5 Å². The SMILES string of the molecule is CCCCC(CC)CC(=CC=C(CCO)C(=O)O)C(=O)OCC.CCOC(=O)/C=C\C(=O)O. The average molecular weight is 471 g/mol.